The summed E-state index contributed by atoms with van der Waals surface area (Å²) in [6.07, 6.45) is 0. The van der Waals surface area contributed by atoms with Gasteiger partial charge in [-0.05, 0) is 25.1 Å². The van der Waals surface area contributed by atoms with Crippen molar-refractivity contribution in [1.29, 1.82) is 0 Å². The average molecular weight is 289 g/mol. The van der Waals surface area contributed by atoms with Crippen LogP contribution in [0.15, 0.2) is 34.2 Å². The van der Waals surface area contributed by atoms with E-state index in [1.807, 2.05) is 38.2 Å². The molecule has 2 aromatic rings. The fourth-order valence-electron chi connectivity index (χ4n) is 1.93. The molecule has 0 amide bonds. The highest BCUT2D eigenvalue weighted by Gasteiger charge is 2.12. The first kappa shape index (κ1) is 13.1. The molecule has 0 spiro atoms. The van der Waals surface area contributed by atoms with E-state index < -0.39 is 0 Å². The number of anilines is 1. The Morgan fingerprint density at radius 3 is 2.70 bits per heavy atom. The number of rotatable bonds is 3. The van der Waals surface area contributed by atoms with Crippen LogP contribution in [0, 0.1) is 6.92 Å². The van der Waals surface area contributed by atoms with Crippen molar-refractivity contribution in [1.82, 2.24) is 9.97 Å². The second-order valence-corrected chi connectivity index (χ2v) is 5.39. The van der Waals surface area contributed by atoms with Crippen LogP contribution < -0.4 is 14.8 Å². The van der Waals surface area contributed by atoms with Gasteiger partial charge in [0.15, 0.2) is 11.5 Å². The maximum atomic E-state index is 5.59. The minimum absolute atomic E-state index is 0.595. The van der Waals surface area contributed by atoms with E-state index in [9.17, 15) is 0 Å². The molecule has 104 valence electrons. The maximum Gasteiger partial charge on any atom is 0.162 e. The van der Waals surface area contributed by atoms with Crippen molar-refractivity contribution in [2.75, 3.05) is 25.6 Å². The summed E-state index contributed by atoms with van der Waals surface area (Å²) in [6.45, 7) is 3.09. The fraction of sp³-hybridized carbons (Fsp3) is 0.286. The van der Waals surface area contributed by atoms with Crippen molar-refractivity contribution in [2.45, 2.75) is 16.8 Å². The summed E-state index contributed by atoms with van der Waals surface area (Å²) >= 11 is 1.58. The van der Waals surface area contributed by atoms with Crippen LogP contribution in [0.5, 0.6) is 11.5 Å². The summed E-state index contributed by atoms with van der Waals surface area (Å²) in [5.41, 5.74) is 0. The molecular formula is C14H15N3O2S. The lowest BCUT2D eigenvalue weighted by molar-refractivity contribution is 0.171. The van der Waals surface area contributed by atoms with Crippen LogP contribution in [0.3, 0.4) is 0 Å². The molecule has 6 heteroatoms. The van der Waals surface area contributed by atoms with Crippen LogP contribution >= 0.6 is 11.8 Å². The van der Waals surface area contributed by atoms with Crippen molar-refractivity contribution in [2.24, 2.45) is 0 Å². The van der Waals surface area contributed by atoms with Gasteiger partial charge in [-0.3, -0.25) is 0 Å². The molecule has 1 aliphatic heterocycles. The number of aryl methyl sites for hydroxylation is 1. The number of hydrogen-bond donors (Lipinski definition) is 1. The van der Waals surface area contributed by atoms with Gasteiger partial charge in [0.2, 0.25) is 0 Å². The van der Waals surface area contributed by atoms with E-state index in [1.165, 1.54) is 0 Å². The van der Waals surface area contributed by atoms with Crippen LogP contribution in [0.1, 0.15) is 5.82 Å². The zero-order chi connectivity index (χ0) is 13.9. The molecule has 0 bridgehead atoms. The second-order valence-electron chi connectivity index (χ2n) is 4.30. The van der Waals surface area contributed by atoms with E-state index in [4.69, 9.17) is 9.47 Å². The summed E-state index contributed by atoms with van der Waals surface area (Å²) in [5.74, 6) is 3.16. The molecule has 1 N–H and O–H groups in total. The Morgan fingerprint density at radius 2 is 1.90 bits per heavy atom. The Bertz CT molecular complexity index is 634. The fourth-order valence-corrected chi connectivity index (χ4v) is 2.82. The summed E-state index contributed by atoms with van der Waals surface area (Å²) < 4.78 is 11.1. The third-order valence-corrected chi connectivity index (χ3v) is 3.71. The zero-order valence-corrected chi connectivity index (χ0v) is 12.2. The monoisotopic (exact) mass is 289 g/mol. The van der Waals surface area contributed by atoms with E-state index in [0.29, 0.717) is 13.2 Å². The van der Waals surface area contributed by atoms with Crippen molar-refractivity contribution in [3.05, 3.63) is 30.1 Å². The molecule has 1 aliphatic rings. The lowest BCUT2D eigenvalue weighted by Gasteiger charge is -2.18. The molecule has 1 aromatic heterocycles. The van der Waals surface area contributed by atoms with E-state index in [1.54, 1.807) is 11.8 Å². The Morgan fingerprint density at radius 1 is 1.10 bits per heavy atom. The van der Waals surface area contributed by atoms with E-state index >= 15 is 0 Å². The molecule has 20 heavy (non-hydrogen) atoms. The first-order valence-corrected chi connectivity index (χ1v) is 7.17. The molecule has 0 fully saturated rings. The molecule has 0 unspecified atom stereocenters. The minimum Gasteiger partial charge on any atom is -0.486 e. The highest BCUT2D eigenvalue weighted by atomic mass is 32.2. The molecule has 0 saturated heterocycles. The van der Waals surface area contributed by atoms with Gasteiger partial charge in [-0.15, -0.1) is 0 Å². The number of ether oxygens (including phenoxy) is 2. The van der Waals surface area contributed by atoms with Gasteiger partial charge in [0.05, 0.1) is 0 Å². The van der Waals surface area contributed by atoms with Gasteiger partial charge in [-0.25, -0.2) is 9.97 Å². The quantitative estimate of drug-likeness (QED) is 0.877. The normalized spacial score (nSPS) is 13.1. The smallest absolute Gasteiger partial charge is 0.162 e. The second kappa shape index (κ2) is 5.58. The first-order chi connectivity index (χ1) is 9.74. The van der Waals surface area contributed by atoms with Crippen LogP contribution in [-0.4, -0.2) is 30.2 Å². The standard InChI is InChI=1S/C14H15N3O2S/c1-9-16-13(15-2)8-14(17-9)20-10-3-4-11-12(7-10)19-6-5-18-11/h3-4,7-8H,5-6H2,1-2H3,(H,15,16,17). The molecule has 0 radical (unpaired) electrons. The molecule has 1 aromatic carbocycles. The molecule has 5 nitrogen and oxygen atoms in total. The first-order valence-electron chi connectivity index (χ1n) is 6.35. The SMILES string of the molecule is CNc1cc(Sc2ccc3c(c2)OCCO3)nc(C)n1. The van der Waals surface area contributed by atoms with Gasteiger partial charge in [-0.1, -0.05) is 11.8 Å². The topological polar surface area (TPSA) is 56.3 Å². The molecule has 2 heterocycles. The van der Waals surface area contributed by atoms with Crippen LogP contribution in [0.4, 0.5) is 5.82 Å². The van der Waals surface area contributed by atoms with Gasteiger partial charge < -0.3 is 14.8 Å². The van der Waals surface area contributed by atoms with Crippen molar-refractivity contribution >= 4 is 17.6 Å². The molecule has 0 atom stereocenters. The Balaban J connectivity index is 1.85. The number of aromatic nitrogens is 2. The highest BCUT2D eigenvalue weighted by molar-refractivity contribution is 7.99. The predicted octanol–water partition coefficient (Wildman–Crippen LogP) is 2.75. The van der Waals surface area contributed by atoms with Crippen molar-refractivity contribution < 1.29 is 9.47 Å². The summed E-state index contributed by atoms with van der Waals surface area (Å²) in [6, 6.07) is 7.85. The maximum absolute atomic E-state index is 5.59. The number of hydrogen-bond acceptors (Lipinski definition) is 6. The Hall–Kier alpha value is -1.95. The molecule has 0 aliphatic carbocycles. The highest BCUT2D eigenvalue weighted by Crippen LogP contribution is 2.36. The Labute approximate surface area is 121 Å². The van der Waals surface area contributed by atoms with Gasteiger partial charge in [0.25, 0.3) is 0 Å². The minimum atomic E-state index is 0.595. The molecule has 3 rings (SSSR count). The summed E-state index contributed by atoms with van der Waals surface area (Å²) in [5, 5.41) is 3.94. The lowest BCUT2D eigenvalue weighted by Crippen LogP contribution is -2.15. The number of nitrogens with zero attached hydrogens (tertiary/aromatic N) is 2. The number of nitrogens with one attached hydrogen (secondary N) is 1. The average Bonchev–Trinajstić information content (AvgIpc) is 2.46. The Kier molecular flexibility index (Phi) is 3.64. The van der Waals surface area contributed by atoms with E-state index in [-0.39, 0.29) is 0 Å². The largest absolute Gasteiger partial charge is 0.486 e. The van der Waals surface area contributed by atoms with E-state index in [0.717, 1.165) is 33.1 Å². The van der Waals surface area contributed by atoms with Crippen LogP contribution in [0.2, 0.25) is 0 Å². The van der Waals surface area contributed by atoms with Gasteiger partial charge >= 0.3 is 0 Å². The van der Waals surface area contributed by atoms with Crippen molar-refractivity contribution in [3.8, 4) is 11.5 Å². The van der Waals surface area contributed by atoms with Gasteiger partial charge in [-0.2, -0.15) is 0 Å². The molecular weight excluding hydrogens is 274 g/mol. The van der Waals surface area contributed by atoms with E-state index in [2.05, 4.69) is 15.3 Å². The summed E-state index contributed by atoms with van der Waals surface area (Å²) in [7, 11) is 1.85. The van der Waals surface area contributed by atoms with Gasteiger partial charge in [0, 0.05) is 18.0 Å². The van der Waals surface area contributed by atoms with Crippen LogP contribution in [-0.2, 0) is 0 Å². The third kappa shape index (κ3) is 2.80. The lowest BCUT2D eigenvalue weighted by atomic mass is 10.3. The molecule has 0 saturated carbocycles. The zero-order valence-electron chi connectivity index (χ0n) is 11.3. The summed E-state index contributed by atoms with van der Waals surface area (Å²) in [4.78, 5) is 9.78. The number of benzene rings is 1. The van der Waals surface area contributed by atoms with Gasteiger partial charge in [0.1, 0.15) is 29.9 Å². The third-order valence-electron chi connectivity index (χ3n) is 2.81. The van der Waals surface area contributed by atoms with Crippen molar-refractivity contribution in [3.63, 3.8) is 0 Å². The number of fused-ring (bicyclic) bond motifs is 1. The predicted molar refractivity (Wildman–Crippen MR) is 77.9 cm³/mol. The van der Waals surface area contributed by atoms with Crippen LogP contribution in [0.25, 0.3) is 0 Å².